The summed E-state index contributed by atoms with van der Waals surface area (Å²) < 4.78 is 4.98. The third-order valence-electron chi connectivity index (χ3n) is 2.72. The summed E-state index contributed by atoms with van der Waals surface area (Å²) in [7, 11) is 0. The summed E-state index contributed by atoms with van der Waals surface area (Å²) in [5.41, 5.74) is 0.949. The van der Waals surface area contributed by atoms with E-state index >= 15 is 0 Å². The third-order valence-corrected chi connectivity index (χ3v) is 2.72. The molecule has 0 aliphatic carbocycles. The summed E-state index contributed by atoms with van der Waals surface area (Å²) >= 11 is 0. The van der Waals surface area contributed by atoms with Crippen LogP contribution in [0.15, 0.2) is 47.1 Å². The maximum atomic E-state index is 11.8. The van der Waals surface area contributed by atoms with E-state index in [9.17, 15) is 14.4 Å². The Bertz CT molecular complexity index is 679. The topological polar surface area (TPSA) is 109 Å². The number of anilines is 2. The number of carbonyl (C=O) groups is 3. The van der Waals surface area contributed by atoms with Crippen LogP contribution in [0.2, 0.25) is 0 Å². The number of carboxylic acids is 1. The second-order valence-electron chi connectivity index (χ2n) is 4.45. The quantitative estimate of drug-likeness (QED) is 0.759. The van der Waals surface area contributed by atoms with E-state index in [-0.39, 0.29) is 18.6 Å². The standard InChI is InChI=1S/C15H14N2O5/c18-13(6-7-14(19)20)16-10-3-1-4-11(9-10)17-15(21)12-5-2-8-22-12/h1-5,8-9H,6-7H2,(H,16,18)(H,17,21)(H,19,20). The highest BCUT2D eigenvalue weighted by molar-refractivity contribution is 6.02. The van der Waals surface area contributed by atoms with E-state index in [1.165, 1.54) is 12.3 Å². The Balaban J connectivity index is 1.96. The summed E-state index contributed by atoms with van der Waals surface area (Å²) in [6, 6.07) is 9.67. The number of nitrogens with one attached hydrogen (secondary N) is 2. The zero-order chi connectivity index (χ0) is 15.9. The molecule has 2 amide bonds. The van der Waals surface area contributed by atoms with Crippen molar-refractivity contribution in [2.75, 3.05) is 10.6 Å². The van der Waals surface area contributed by atoms with Crippen molar-refractivity contribution in [2.45, 2.75) is 12.8 Å². The zero-order valence-corrected chi connectivity index (χ0v) is 11.5. The molecule has 2 rings (SSSR count). The van der Waals surface area contributed by atoms with Gasteiger partial charge in [0.2, 0.25) is 5.91 Å². The van der Waals surface area contributed by atoms with Gasteiger partial charge in [0.05, 0.1) is 12.7 Å². The van der Waals surface area contributed by atoms with Crippen LogP contribution in [0.3, 0.4) is 0 Å². The predicted molar refractivity (Wildman–Crippen MR) is 78.6 cm³/mol. The van der Waals surface area contributed by atoms with Crippen molar-refractivity contribution in [2.24, 2.45) is 0 Å². The van der Waals surface area contributed by atoms with E-state index in [1.54, 1.807) is 30.3 Å². The molecule has 0 saturated carbocycles. The number of amides is 2. The fourth-order valence-electron chi connectivity index (χ4n) is 1.72. The molecule has 7 heteroatoms. The van der Waals surface area contributed by atoms with E-state index in [1.807, 2.05) is 0 Å². The first-order valence-corrected chi connectivity index (χ1v) is 6.51. The lowest BCUT2D eigenvalue weighted by atomic mass is 10.2. The van der Waals surface area contributed by atoms with Gasteiger partial charge in [0.1, 0.15) is 0 Å². The van der Waals surface area contributed by atoms with Crippen molar-refractivity contribution < 1.29 is 23.9 Å². The van der Waals surface area contributed by atoms with Crippen molar-refractivity contribution in [3.8, 4) is 0 Å². The molecule has 0 unspecified atom stereocenters. The first-order valence-electron chi connectivity index (χ1n) is 6.51. The van der Waals surface area contributed by atoms with Gasteiger partial charge in [-0.1, -0.05) is 6.07 Å². The van der Waals surface area contributed by atoms with E-state index < -0.39 is 17.8 Å². The maximum Gasteiger partial charge on any atom is 0.303 e. The lowest BCUT2D eigenvalue weighted by Crippen LogP contribution is -2.14. The monoisotopic (exact) mass is 302 g/mol. The van der Waals surface area contributed by atoms with Crippen molar-refractivity contribution in [3.63, 3.8) is 0 Å². The highest BCUT2D eigenvalue weighted by Gasteiger charge is 2.10. The molecule has 1 aromatic heterocycles. The molecule has 0 spiro atoms. The van der Waals surface area contributed by atoms with Gasteiger partial charge in [-0.2, -0.15) is 0 Å². The number of aliphatic carboxylic acids is 1. The number of carboxylic acid groups (broad SMARTS) is 1. The van der Waals surface area contributed by atoms with Crippen molar-refractivity contribution in [1.82, 2.24) is 0 Å². The smallest absolute Gasteiger partial charge is 0.303 e. The van der Waals surface area contributed by atoms with Crippen LogP contribution in [-0.2, 0) is 9.59 Å². The zero-order valence-electron chi connectivity index (χ0n) is 11.5. The molecular weight excluding hydrogens is 288 g/mol. The lowest BCUT2D eigenvalue weighted by Gasteiger charge is -2.07. The normalized spacial score (nSPS) is 10.0. The van der Waals surface area contributed by atoms with Gasteiger partial charge in [-0.05, 0) is 30.3 Å². The Labute approximate surface area is 125 Å². The number of rotatable bonds is 6. The molecule has 22 heavy (non-hydrogen) atoms. The van der Waals surface area contributed by atoms with Gasteiger partial charge in [-0.15, -0.1) is 0 Å². The Morgan fingerprint density at radius 3 is 2.36 bits per heavy atom. The van der Waals surface area contributed by atoms with Gasteiger partial charge >= 0.3 is 5.97 Å². The summed E-state index contributed by atoms with van der Waals surface area (Å²) in [5, 5.41) is 13.7. The van der Waals surface area contributed by atoms with Crippen LogP contribution < -0.4 is 10.6 Å². The second kappa shape index (κ2) is 7.07. The second-order valence-corrected chi connectivity index (χ2v) is 4.45. The van der Waals surface area contributed by atoms with Gasteiger partial charge in [0.15, 0.2) is 5.76 Å². The highest BCUT2D eigenvalue weighted by atomic mass is 16.4. The largest absolute Gasteiger partial charge is 0.481 e. The molecule has 0 bridgehead atoms. The Morgan fingerprint density at radius 1 is 1.00 bits per heavy atom. The number of hydrogen-bond donors (Lipinski definition) is 3. The minimum absolute atomic E-state index is 0.113. The lowest BCUT2D eigenvalue weighted by molar-refractivity contribution is -0.138. The molecule has 0 radical (unpaired) electrons. The maximum absolute atomic E-state index is 11.8. The van der Waals surface area contributed by atoms with Crippen LogP contribution in [0.5, 0.6) is 0 Å². The van der Waals surface area contributed by atoms with Gasteiger partial charge < -0.3 is 20.2 Å². The van der Waals surface area contributed by atoms with Crippen LogP contribution in [0, 0.1) is 0 Å². The highest BCUT2D eigenvalue weighted by Crippen LogP contribution is 2.16. The van der Waals surface area contributed by atoms with Crippen LogP contribution in [0.1, 0.15) is 23.4 Å². The molecular formula is C15H14N2O5. The molecule has 7 nitrogen and oxygen atoms in total. The summed E-state index contributed by atoms with van der Waals surface area (Å²) in [4.78, 5) is 33.8. The number of carbonyl (C=O) groups excluding carboxylic acids is 2. The van der Waals surface area contributed by atoms with E-state index in [0.29, 0.717) is 11.4 Å². The fraction of sp³-hybridized carbons (Fsp3) is 0.133. The molecule has 0 saturated heterocycles. The van der Waals surface area contributed by atoms with Crippen molar-refractivity contribution in [1.29, 1.82) is 0 Å². The van der Waals surface area contributed by atoms with E-state index in [0.717, 1.165) is 0 Å². The summed E-state index contributed by atoms with van der Waals surface area (Å²) in [6.45, 7) is 0. The molecule has 0 aliphatic heterocycles. The molecule has 2 aromatic rings. The van der Waals surface area contributed by atoms with Crippen LogP contribution >= 0.6 is 0 Å². The average molecular weight is 302 g/mol. The molecule has 114 valence electrons. The van der Waals surface area contributed by atoms with Crippen LogP contribution in [-0.4, -0.2) is 22.9 Å². The molecule has 1 aromatic carbocycles. The SMILES string of the molecule is O=C(O)CCC(=O)Nc1cccc(NC(=O)c2ccco2)c1. The predicted octanol–water partition coefficient (Wildman–Crippen LogP) is 2.34. The fourth-order valence-corrected chi connectivity index (χ4v) is 1.72. The Morgan fingerprint density at radius 2 is 1.73 bits per heavy atom. The summed E-state index contributed by atoms with van der Waals surface area (Å²) in [6.07, 6.45) is 1.05. The Kier molecular flexibility index (Phi) is 4.92. The minimum Gasteiger partial charge on any atom is -0.481 e. The molecule has 1 heterocycles. The van der Waals surface area contributed by atoms with Gasteiger partial charge in [0.25, 0.3) is 5.91 Å². The van der Waals surface area contributed by atoms with Crippen molar-refractivity contribution in [3.05, 3.63) is 48.4 Å². The molecule has 3 N–H and O–H groups in total. The minimum atomic E-state index is -1.03. The first kappa shape index (κ1) is 15.3. The third kappa shape index (κ3) is 4.48. The van der Waals surface area contributed by atoms with E-state index in [4.69, 9.17) is 9.52 Å². The van der Waals surface area contributed by atoms with Gasteiger partial charge in [-0.25, -0.2) is 0 Å². The van der Waals surface area contributed by atoms with Gasteiger partial charge in [-0.3, -0.25) is 14.4 Å². The molecule has 0 atom stereocenters. The first-order chi connectivity index (χ1) is 10.5. The van der Waals surface area contributed by atoms with Crippen molar-refractivity contribution >= 4 is 29.2 Å². The molecule has 0 aliphatic rings. The summed E-state index contributed by atoms with van der Waals surface area (Å²) in [5.74, 6) is -1.67. The van der Waals surface area contributed by atoms with E-state index in [2.05, 4.69) is 10.6 Å². The Hall–Kier alpha value is -3.09. The van der Waals surface area contributed by atoms with Gasteiger partial charge in [0, 0.05) is 17.8 Å². The molecule has 0 fully saturated rings. The number of benzene rings is 1. The number of furan rings is 1. The number of hydrogen-bond acceptors (Lipinski definition) is 4. The average Bonchev–Trinajstić information content (AvgIpc) is 3.00. The van der Waals surface area contributed by atoms with Crippen LogP contribution in [0.25, 0.3) is 0 Å². The van der Waals surface area contributed by atoms with Crippen LogP contribution in [0.4, 0.5) is 11.4 Å².